The van der Waals surface area contributed by atoms with E-state index in [2.05, 4.69) is 72.7 Å². The molecule has 8 rings (SSSR count). The Labute approximate surface area is 358 Å². The van der Waals surface area contributed by atoms with Crippen LogP contribution in [0.2, 0.25) is 5.02 Å². The Morgan fingerprint density at radius 2 is 1.88 bits per heavy atom. The molecule has 15 heteroatoms. The molecule has 2 aromatic carbocycles. The Kier molecular flexibility index (Phi) is 11.8. The third-order valence-electron chi connectivity index (χ3n) is 11.7. The number of fused-ring (bicyclic) bond motifs is 3. The highest BCUT2D eigenvalue weighted by molar-refractivity contribution is 7.15. The molecule has 2 saturated heterocycles. The number of benzene rings is 2. The molecule has 3 N–H and O–H groups in total. The zero-order valence-corrected chi connectivity index (χ0v) is 35.5. The number of aliphatic imine (C=N–C) groups is 1. The van der Waals surface area contributed by atoms with E-state index in [0.717, 1.165) is 76.4 Å². The average molecular weight is 844 g/mol. The minimum atomic E-state index is -0.772. The van der Waals surface area contributed by atoms with E-state index >= 15 is 0 Å². The van der Waals surface area contributed by atoms with Gasteiger partial charge < -0.3 is 15.5 Å². The van der Waals surface area contributed by atoms with Gasteiger partial charge in [-0.05, 0) is 101 Å². The topological polar surface area (TPSA) is 154 Å². The maximum absolute atomic E-state index is 13.4. The van der Waals surface area contributed by atoms with Crippen molar-refractivity contribution in [3.8, 4) is 16.8 Å². The number of thiophene rings is 1. The summed E-state index contributed by atoms with van der Waals surface area (Å²) in [7, 11) is 1.53. The number of carbonyl (C=O) groups is 4. The Morgan fingerprint density at radius 3 is 2.60 bits per heavy atom. The summed E-state index contributed by atoms with van der Waals surface area (Å²) in [4.78, 5) is 59.5. The van der Waals surface area contributed by atoms with Crippen LogP contribution in [0, 0.1) is 31.6 Å². The van der Waals surface area contributed by atoms with Gasteiger partial charge in [0.1, 0.15) is 29.0 Å². The van der Waals surface area contributed by atoms with Crippen LogP contribution in [0.5, 0.6) is 0 Å². The molecule has 6 heterocycles. The summed E-state index contributed by atoms with van der Waals surface area (Å²) in [5.41, 5.74) is 6.26. The van der Waals surface area contributed by atoms with Crippen molar-refractivity contribution in [1.82, 2.24) is 35.2 Å². The number of halogens is 1. The molecule has 3 atom stereocenters. The highest BCUT2D eigenvalue weighted by atomic mass is 35.5. The first kappa shape index (κ1) is 40.9. The van der Waals surface area contributed by atoms with E-state index in [1.807, 2.05) is 38.1 Å². The van der Waals surface area contributed by atoms with E-state index in [9.17, 15) is 19.2 Å². The summed E-state index contributed by atoms with van der Waals surface area (Å²) in [6.45, 7) is 9.49. The predicted molar refractivity (Wildman–Crippen MR) is 233 cm³/mol. The minimum Gasteiger partial charge on any atom is -0.384 e. The van der Waals surface area contributed by atoms with Gasteiger partial charge in [0.15, 0.2) is 12.1 Å². The molecule has 308 valence electrons. The first-order chi connectivity index (χ1) is 29.0. The van der Waals surface area contributed by atoms with Crippen LogP contribution in [0.1, 0.15) is 92.6 Å². The molecular formula is C45H46ClN9O4S. The number of anilines is 1. The van der Waals surface area contributed by atoms with Crippen molar-refractivity contribution in [2.75, 3.05) is 38.5 Å². The highest BCUT2D eigenvalue weighted by Crippen LogP contribution is 2.39. The molecule has 4 aliphatic heterocycles. The van der Waals surface area contributed by atoms with Crippen molar-refractivity contribution in [2.24, 2.45) is 10.9 Å². The lowest BCUT2D eigenvalue weighted by molar-refractivity contribution is -0.136. The summed E-state index contributed by atoms with van der Waals surface area (Å²) < 4.78 is 2.11. The Morgan fingerprint density at radius 1 is 1.10 bits per heavy atom. The Bertz CT molecular complexity index is 2520. The number of rotatable bonds is 9. The molecule has 2 fully saturated rings. The fraction of sp³-hybridized carbons (Fsp3) is 0.356. The van der Waals surface area contributed by atoms with Crippen LogP contribution in [-0.2, 0) is 9.59 Å². The molecule has 0 aliphatic carbocycles. The third-order valence-corrected chi connectivity index (χ3v) is 13.1. The van der Waals surface area contributed by atoms with Crippen molar-refractivity contribution in [2.45, 2.75) is 64.6 Å². The zero-order valence-electron chi connectivity index (χ0n) is 33.9. The van der Waals surface area contributed by atoms with Crippen molar-refractivity contribution < 1.29 is 19.2 Å². The number of nitrogens with zero attached hydrogens (tertiary/aromatic N) is 6. The van der Waals surface area contributed by atoms with Gasteiger partial charge >= 0.3 is 0 Å². The first-order valence-electron chi connectivity index (χ1n) is 20.2. The molecule has 0 radical (unpaired) electrons. The first-order valence-corrected chi connectivity index (χ1v) is 21.4. The molecule has 4 aromatic rings. The number of nitrogens with one attached hydrogen (secondary N) is 3. The maximum Gasteiger partial charge on any atom is 0.255 e. The van der Waals surface area contributed by atoms with Gasteiger partial charge in [0.25, 0.3) is 5.91 Å². The van der Waals surface area contributed by atoms with Crippen LogP contribution >= 0.6 is 22.9 Å². The molecule has 13 nitrogen and oxygen atoms in total. The number of carbonyl (C=O) groups excluding carboxylic acids is 4. The fourth-order valence-electron chi connectivity index (χ4n) is 8.23. The van der Waals surface area contributed by atoms with E-state index in [1.54, 1.807) is 29.5 Å². The van der Waals surface area contributed by atoms with Gasteiger partial charge in [-0.25, -0.2) is 0 Å². The van der Waals surface area contributed by atoms with E-state index in [-0.39, 0.29) is 42.0 Å². The molecule has 0 spiro atoms. The minimum absolute atomic E-state index is 0.133. The number of hydrogen-bond acceptors (Lipinski definition) is 11. The van der Waals surface area contributed by atoms with Gasteiger partial charge in [-0.3, -0.25) is 39.0 Å². The summed E-state index contributed by atoms with van der Waals surface area (Å²) in [5.74, 6) is 7.62. The van der Waals surface area contributed by atoms with E-state index < -0.39 is 17.9 Å². The molecule has 2 aromatic heterocycles. The second kappa shape index (κ2) is 17.4. The van der Waals surface area contributed by atoms with Gasteiger partial charge in [-0.15, -0.1) is 21.5 Å². The molecule has 60 heavy (non-hydrogen) atoms. The standard InChI is InChI=1S/C45H46ClN9O4S/c1-26-38(60-45-40(26)41(31-9-11-32(46)12-10-31)49-27(2)42-52-51-28(3)55(42)45)16-14-33-13-8-30(23-47-33)24-54-20-18-29(19-21-54)22-48-36-7-5-6-34(35(36)25-56)44(59)53(4)37-15-17-39(57)50-43(37)58/h5-13,23,25,27,29,33,37,47-48H,15,17-22,24H2,1-4H3,(H,50,57,58)/t27-,33?,37?/m0/s1. The summed E-state index contributed by atoms with van der Waals surface area (Å²) in [6.07, 6.45) is 9.41. The lowest BCUT2D eigenvalue weighted by Gasteiger charge is -2.33. The van der Waals surface area contributed by atoms with Crippen LogP contribution in [-0.4, -0.2) is 99.6 Å². The summed E-state index contributed by atoms with van der Waals surface area (Å²) in [6, 6.07) is 11.8. The number of likely N-dealkylation sites (tertiary alicyclic amines) is 1. The number of dihydropyridines is 1. The van der Waals surface area contributed by atoms with Crippen LogP contribution in [0.25, 0.3) is 5.00 Å². The zero-order chi connectivity index (χ0) is 42.1. The van der Waals surface area contributed by atoms with Crippen molar-refractivity contribution in [3.05, 3.63) is 116 Å². The van der Waals surface area contributed by atoms with Gasteiger partial charge in [0.2, 0.25) is 11.8 Å². The number of aldehydes is 1. The molecule has 3 amide bonds. The number of aromatic nitrogens is 3. The van der Waals surface area contributed by atoms with E-state index in [0.29, 0.717) is 29.5 Å². The second-order valence-electron chi connectivity index (χ2n) is 15.7. The van der Waals surface area contributed by atoms with Crippen molar-refractivity contribution >= 4 is 58.3 Å². The largest absolute Gasteiger partial charge is 0.384 e. The van der Waals surface area contributed by atoms with Gasteiger partial charge in [0.05, 0.1) is 21.7 Å². The Balaban J connectivity index is 0.861. The monoisotopic (exact) mass is 843 g/mol. The normalized spacial score (nSPS) is 20.3. The smallest absolute Gasteiger partial charge is 0.255 e. The highest BCUT2D eigenvalue weighted by Gasteiger charge is 2.34. The third kappa shape index (κ3) is 8.30. The summed E-state index contributed by atoms with van der Waals surface area (Å²) in [5, 5.41) is 19.8. The van der Waals surface area contributed by atoms with E-state index in [1.165, 1.54) is 17.5 Å². The van der Waals surface area contributed by atoms with Crippen molar-refractivity contribution in [1.29, 1.82) is 0 Å². The quantitative estimate of drug-likeness (QED) is 0.108. The SMILES string of the molecule is Cc1c(C#CC2C=CC(CN3CCC(CNc4cccc(C(=O)N(C)C5CCC(=O)NC5=O)c4C=O)CC3)=CN2)sc2c1C(c1ccc(Cl)cc1)=N[C@@H](C)c1nnc(C)n1-2. The number of imide groups is 1. The molecule has 4 aliphatic rings. The van der Waals surface area contributed by atoms with Crippen LogP contribution in [0.3, 0.4) is 0 Å². The number of likely N-dealkylation sites (N-methyl/N-ethyl adjacent to an activating group) is 1. The van der Waals surface area contributed by atoms with Crippen LogP contribution < -0.4 is 16.0 Å². The van der Waals surface area contributed by atoms with Gasteiger partial charge in [0, 0.05) is 54.6 Å². The van der Waals surface area contributed by atoms with Crippen LogP contribution in [0.15, 0.2) is 71.4 Å². The molecule has 2 unspecified atom stereocenters. The lowest BCUT2D eigenvalue weighted by atomic mass is 9.95. The summed E-state index contributed by atoms with van der Waals surface area (Å²) >= 11 is 7.88. The van der Waals surface area contributed by atoms with Crippen LogP contribution in [0.4, 0.5) is 5.69 Å². The number of amides is 3. The van der Waals surface area contributed by atoms with Gasteiger partial charge in [-0.2, -0.15) is 0 Å². The van der Waals surface area contributed by atoms with Gasteiger partial charge in [-0.1, -0.05) is 47.7 Å². The van der Waals surface area contributed by atoms with E-state index in [4.69, 9.17) is 16.6 Å². The Hall–Kier alpha value is -5.88. The second-order valence-corrected chi connectivity index (χ2v) is 17.1. The lowest BCUT2D eigenvalue weighted by Crippen LogP contribution is -2.53. The average Bonchev–Trinajstić information content (AvgIpc) is 3.76. The number of aryl methyl sites for hydroxylation is 1. The molecule has 0 saturated carbocycles. The number of piperidine rings is 2. The predicted octanol–water partition coefficient (Wildman–Crippen LogP) is 5.79. The molecular weight excluding hydrogens is 798 g/mol. The fourth-order valence-corrected chi connectivity index (χ4v) is 9.58. The molecule has 0 bridgehead atoms. The maximum atomic E-state index is 13.4. The van der Waals surface area contributed by atoms with Crippen molar-refractivity contribution in [3.63, 3.8) is 0 Å². The number of hydrogen-bond donors (Lipinski definition) is 3.